The molecule has 1 N–H and O–H groups in total. The molecule has 0 saturated carbocycles. The predicted molar refractivity (Wildman–Crippen MR) is 105 cm³/mol. The summed E-state index contributed by atoms with van der Waals surface area (Å²) in [4.78, 5) is 26.6. The summed E-state index contributed by atoms with van der Waals surface area (Å²) in [7, 11) is 0. The van der Waals surface area contributed by atoms with Crippen molar-refractivity contribution in [2.24, 2.45) is 0 Å². The fraction of sp³-hybridized carbons (Fsp3) is 0.158. The lowest BCUT2D eigenvalue weighted by atomic mass is 9.99. The van der Waals surface area contributed by atoms with Crippen molar-refractivity contribution in [3.63, 3.8) is 0 Å². The van der Waals surface area contributed by atoms with E-state index < -0.39 is 23.7 Å². The summed E-state index contributed by atoms with van der Waals surface area (Å²) < 4.78 is 6.73. The quantitative estimate of drug-likeness (QED) is 0.645. The predicted octanol–water partition coefficient (Wildman–Crippen LogP) is 4.67. The highest BCUT2D eigenvalue weighted by atomic mass is 79.9. The highest BCUT2D eigenvalue weighted by molar-refractivity contribution is 9.10. The van der Waals surface area contributed by atoms with E-state index in [4.69, 9.17) is 4.74 Å². The van der Waals surface area contributed by atoms with Gasteiger partial charge in [-0.3, -0.25) is 9.69 Å². The third kappa shape index (κ3) is 3.41. The second kappa shape index (κ2) is 7.63. The van der Waals surface area contributed by atoms with Crippen LogP contribution in [0.4, 0.5) is 5.69 Å². The molecule has 0 fully saturated rings. The fourth-order valence-corrected chi connectivity index (χ4v) is 3.56. The number of ether oxygens (including phenoxy) is 1. The minimum Gasteiger partial charge on any atom is -0.503 e. The lowest BCUT2D eigenvalue weighted by Crippen LogP contribution is -2.31. The standard InChI is InChI=1S/C19H15Br2NO4/c1-2-26-19(25)15-16(11-4-3-5-13(21)10-11)22(18(24)17(15)23)14-8-6-12(20)7-9-14/h3-10,16,23H,2H2,1H3. The highest BCUT2D eigenvalue weighted by Gasteiger charge is 2.45. The van der Waals surface area contributed by atoms with Gasteiger partial charge in [-0.25, -0.2) is 4.79 Å². The molecule has 0 aliphatic carbocycles. The van der Waals surface area contributed by atoms with E-state index >= 15 is 0 Å². The van der Waals surface area contributed by atoms with Crippen molar-refractivity contribution >= 4 is 49.4 Å². The Morgan fingerprint density at radius 1 is 1.15 bits per heavy atom. The Morgan fingerprint density at radius 2 is 1.85 bits per heavy atom. The van der Waals surface area contributed by atoms with Crippen molar-refractivity contribution < 1.29 is 19.4 Å². The summed E-state index contributed by atoms with van der Waals surface area (Å²) in [6.07, 6.45) is 0. The Balaban J connectivity index is 2.16. The number of benzene rings is 2. The summed E-state index contributed by atoms with van der Waals surface area (Å²) in [5.41, 5.74) is 1.19. The Bertz CT molecular complexity index is 893. The molecule has 2 aromatic carbocycles. The second-order valence-corrected chi connectivity index (χ2v) is 7.42. The third-order valence-corrected chi connectivity index (χ3v) is 4.99. The number of nitrogens with zero attached hydrogens (tertiary/aromatic N) is 1. The zero-order chi connectivity index (χ0) is 18.8. The van der Waals surface area contributed by atoms with Gasteiger partial charge in [0.25, 0.3) is 5.91 Å². The maximum absolute atomic E-state index is 12.8. The van der Waals surface area contributed by atoms with Gasteiger partial charge < -0.3 is 9.84 Å². The van der Waals surface area contributed by atoms with E-state index in [1.54, 1.807) is 37.3 Å². The molecular weight excluding hydrogens is 466 g/mol. The van der Waals surface area contributed by atoms with E-state index in [1.165, 1.54) is 4.90 Å². The SMILES string of the molecule is CCOC(=O)C1=C(O)C(=O)N(c2ccc(Br)cc2)C1c1cccc(Br)c1. The molecule has 1 aliphatic rings. The molecule has 7 heteroatoms. The van der Waals surface area contributed by atoms with Crippen LogP contribution in [-0.2, 0) is 14.3 Å². The summed E-state index contributed by atoms with van der Waals surface area (Å²) in [5, 5.41) is 10.4. The molecule has 1 unspecified atom stereocenters. The topological polar surface area (TPSA) is 66.8 Å². The molecule has 1 amide bonds. The van der Waals surface area contributed by atoms with E-state index in [9.17, 15) is 14.7 Å². The molecule has 1 atom stereocenters. The fourth-order valence-electron chi connectivity index (χ4n) is 2.88. The van der Waals surface area contributed by atoms with E-state index in [-0.39, 0.29) is 12.2 Å². The molecule has 2 aromatic rings. The van der Waals surface area contributed by atoms with Gasteiger partial charge in [-0.1, -0.05) is 44.0 Å². The lowest BCUT2D eigenvalue weighted by Gasteiger charge is -2.26. The average molecular weight is 481 g/mol. The van der Waals surface area contributed by atoms with Gasteiger partial charge in [-0.2, -0.15) is 0 Å². The van der Waals surface area contributed by atoms with Crippen molar-refractivity contribution in [2.75, 3.05) is 11.5 Å². The van der Waals surface area contributed by atoms with Crippen LogP contribution in [0.5, 0.6) is 0 Å². The number of amides is 1. The number of esters is 1. The van der Waals surface area contributed by atoms with Crippen LogP contribution in [0, 0.1) is 0 Å². The van der Waals surface area contributed by atoms with Gasteiger partial charge in [0.05, 0.1) is 12.6 Å². The number of anilines is 1. The van der Waals surface area contributed by atoms with Crippen molar-refractivity contribution in [3.05, 3.63) is 74.4 Å². The van der Waals surface area contributed by atoms with E-state index in [0.29, 0.717) is 11.3 Å². The normalized spacial score (nSPS) is 17.0. The minimum atomic E-state index is -0.778. The first-order chi connectivity index (χ1) is 12.4. The Hall–Kier alpha value is -2.12. The number of carbonyl (C=O) groups is 2. The molecular formula is C19H15Br2NO4. The summed E-state index contributed by atoms with van der Waals surface area (Å²) in [6.45, 7) is 1.82. The highest BCUT2D eigenvalue weighted by Crippen LogP contribution is 2.41. The summed E-state index contributed by atoms with van der Waals surface area (Å²) in [6, 6.07) is 13.6. The van der Waals surface area contributed by atoms with Crippen LogP contribution in [0.15, 0.2) is 68.8 Å². The Kier molecular flexibility index (Phi) is 5.48. The maximum Gasteiger partial charge on any atom is 0.340 e. The van der Waals surface area contributed by atoms with Gasteiger partial charge in [-0.05, 0) is 48.9 Å². The number of aliphatic hydroxyl groups excluding tert-OH is 1. The van der Waals surface area contributed by atoms with Crippen LogP contribution >= 0.6 is 31.9 Å². The van der Waals surface area contributed by atoms with Gasteiger partial charge in [-0.15, -0.1) is 0 Å². The zero-order valence-electron chi connectivity index (χ0n) is 13.8. The van der Waals surface area contributed by atoms with Crippen molar-refractivity contribution in [1.29, 1.82) is 0 Å². The summed E-state index contributed by atoms with van der Waals surface area (Å²) in [5.74, 6) is -1.93. The van der Waals surface area contributed by atoms with Crippen LogP contribution in [-0.4, -0.2) is 23.6 Å². The van der Waals surface area contributed by atoms with Crippen LogP contribution in [0.1, 0.15) is 18.5 Å². The monoisotopic (exact) mass is 479 g/mol. The van der Waals surface area contributed by atoms with Gasteiger partial charge in [0.2, 0.25) is 0 Å². The van der Waals surface area contributed by atoms with Crippen molar-refractivity contribution in [3.8, 4) is 0 Å². The zero-order valence-corrected chi connectivity index (χ0v) is 17.0. The molecule has 0 bridgehead atoms. The number of halogens is 2. The van der Waals surface area contributed by atoms with Gasteiger partial charge in [0.15, 0.2) is 5.76 Å². The minimum absolute atomic E-state index is 0.0575. The molecule has 1 aliphatic heterocycles. The number of hydrogen-bond donors (Lipinski definition) is 1. The number of hydrogen-bond acceptors (Lipinski definition) is 4. The Labute approximate surface area is 167 Å². The largest absolute Gasteiger partial charge is 0.503 e. The van der Waals surface area contributed by atoms with Crippen molar-refractivity contribution in [1.82, 2.24) is 0 Å². The molecule has 0 saturated heterocycles. The van der Waals surface area contributed by atoms with Crippen LogP contribution in [0.25, 0.3) is 0 Å². The van der Waals surface area contributed by atoms with Crippen LogP contribution < -0.4 is 4.90 Å². The van der Waals surface area contributed by atoms with Crippen LogP contribution in [0.2, 0.25) is 0 Å². The number of carbonyl (C=O) groups excluding carboxylic acids is 2. The van der Waals surface area contributed by atoms with E-state index in [0.717, 1.165) is 8.95 Å². The molecule has 0 spiro atoms. The second-order valence-electron chi connectivity index (χ2n) is 5.59. The molecule has 0 radical (unpaired) electrons. The maximum atomic E-state index is 12.8. The molecule has 0 aromatic heterocycles. The molecule has 3 rings (SSSR count). The van der Waals surface area contributed by atoms with Gasteiger partial charge >= 0.3 is 5.97 Å². The van der Waals surface area contributed by atoms with Gasteiger partial charge in [0, 0.05) is 14.6 Å². The lowest BCUT2D eigenvalue weighted by molar-refractivity contribution is -0.139. The molecule has 5 nitrogen and oxygen atoms in total. The van der Waals surface area contributed by atoms with Crippen LogP contribution in [0.3, 0.4) is 0 Å². The van der Waals surface area contributed by atoms with E-state index in [1.807, 2.05) is 18.2 Å². The van der Waals surface area contributed by atoms with E-state index in [2.05, 4.69) is 31.9 Å². The molecule has 134 valence electrons. The smallest absolute Gasteiger partial charge is 0.340 e. The third-order valence-electron chi connectivity index (χ3n) is 3.97. The molecule has 1 heterocycles. The first-order valence-corrected chi connectivity index (χ1v) is 9.47. The average Bonchev–Trinajstić information content (AvgIpc) is 2.88. The first-order valence-electron chi connectivity index (χ1n) is 7.89. The summed E-state index contributed by atoms with van der Waals surface area (Å²) >= 11 is 6.77. The first kappa shape index (κ1) is 18.7. The number of rotatable bonds is 4. The molecule has 26 heavy (non-hydrogen) atoms. The van der Waals surface area contributed by atoms with Crippen molar-refractivity contribution in [2.45, 2.75) is 13.0 Å². The van der Waals surface area contributed by atoms with Gasteiger partial charge in [0.1, 0.15) is 5.57 Å². The number of aliphatic hydroxyl groups is 1. The Morgan fingerprint density at radius 3 is 2.46 bits per heavy atom.